The summed E-state index contributed by atoms with van der Waals surface area (Å²) in [6, 6.07) is 8.36. The molecule has 0 saturated carbocycles. The van der Waals surface area contributed by atoms with Crippen molar-refractivity contribution in [3.63, 3.8) is 0 Å². The van der Waals surface area contributed by atoms with E-state index in [9.17, 15) is 9.90 Å². The van der Waals surface area contributed by atoms with Crippen molar-refractivity contribution < 1.29 is 19.7 Å². The Morgan fingerprint density at radius 1 is 1.30 bits per heavy atom. The second-order valence-electron chi connectivity index (χ2n) is 4.18. The van der Waals surface area contributed by atoms with Crippen molar-refractivity contribution in [3.05, 3.63) is 35.9 Å². The molecule has 0 spiro atoms. The number of aromatic carboxylic acids is 1. The van der Waals surface area contributed by atoms with Crippen molar-refractivity contribution >= 4 is 48.6 Å². The fraction of sp³-hybridized carbons (Fsp3) is 0.214. The van der Waals surface area contributed by atoms with Crippen LogP contribution >= 0.6 is 31.9 Å². The molecule has 6 heteroatoms. The zero-order valence-electron chi connectivity index (χ0n) is 10.3. The van der Waals surface area contributed by atoms with Gasteiger partial charge in [-0.15, -0.1) is 0 Å². The highest BCUT2D eigenvalue weighted by Gasteiger charge is 2.17. The zero-order valence-corrected chi connectivity index (χ0v) is 13.5. The lowest BCUT2D eigenvalue weighted by molar-refractivity contribution is 0.0693. The van der Waals surface area contributed by atoms with Gasteiger partial charge in [-0.25, -0.2) is 4.79 Å². The Bertz CT molecular complexity index is 642. The molecule has 1 atom stereocenters. The maximum absolute atomic E-state index is 11.2. The highest BCUT2D eigenvalue weighted by Crippen LogP contribution is 2.36. The molecule has 0 aliphatic heterocycles. The van der Waals surface area contributed by atoms with Crippen LogP contribution in [0, 0.1) is 0 Å². The number of ether oxygens (including phenoxy) is 1. The Morgan fingerprint density at radius 2 is 1.95 bits per heavy atom. The van der Waals surface area contributed by atoms with Crippen molar-refractivity contribution in [1.29, 1.82) is 0 Å². The van der Waals surface area contributed by atoms with Crippen LogP contribution in [-0.4, -0.2) is 32.9 Å². The molecule has 2 aromatic rings. The summed E-state index contributed by atoms with van der Waals surface area (Å²) in [6.07, 6.45) is 0. The zero-order chi connectivity index (χ0) is 14.7. The number of hydrogen-bond donors (Lipinski definition) is 2. The average Bonchev–Trinajstić information content (AvgIpc) is 2.46. The van der Waals surface area contributed by atoms with Crippen LogP contribution in [0.25, 0.3) is 10.8 Å². The van der Waals surface area contributed by atoms with Crippen LogP contribution in [0.4, 0.5) is 0 Å². The van der Waals surface area contributed by atoms with Crippen LogP contribution in [0.5, 0.6) is 11.5 Å². The molecule has 106 valence electrons. The van der Waals surface area contributed by atoms with E-state index in [1.165, 1.54) is 6.07 Å². The molecule has 2 rings (SSSR count). The first-order valence-corrected chi connectivity index (χ1v) is 7.89. The van der Waals surface area contributed by atoms with Crippen LogP contribution in [0.1, 0.15) is 10.4 Å². The number of alkyl halides is 2. The molecule has 1 unspecified atom stereocenters. The Labute approximate surface area is 132 Å². The summed E-state index contributed by atoms with van der Waals surface area (Å²) in [4.78, 5) is 11.3. The minimum atomic E-state index is -1.19. The molecular weight excluding hydrogens is 392 g/mol. The largest absolute Gasteiger partial charge is 0.506 e. The van der Waals surface area contributed by atoms with Gasteiger partial charge < -0.3 is 14.9 Å². The summed E-state index contributed by atoms with van der Waals surface area (Å²) < 4.78 is 5.67. The summed E-state index contributed by atoms with van der Waals surface area (Å²) in [7, 11) is 0. The quantitative estimate of drug-likeness (QED) is 0.745. The molecule has 0 aromatic heterocycles. The fourth-order valence-electron chi connectivity index (χ4n) is 1.83. The molecule has 0 amide bonds. The number of hydrogen-bond acceptors (Lipinski definition) is 3. The van der Waals surface area contributed by atoms with Crippen molar-refractivity contribution in [2.24, 2.45) is 0 Å². The van der Waals surface area contributed by atoms with Crippen LogP contribution < -0.4 is 4.74 Å². The molecule has 0 aliphatic carbocycles. The summed E-state index contributed by atoms with van der Waals surface area (Å²) in [6.45, 7) is 0.388. The lowest BCUT2D eigenvalue weighted by Crippen LogP contribution is -2.12. The van der Waals surface area contributed by atoms with E-state index in [1.54, 1.807) is 18.2 Å². The van der Waals surface area contributed by atoms with Crippen LogP contribution in [0.2, 0.25) is 0 Å². The molecule has 0 fully saturated rings. The van der Waals surface area contributed by atoms with E-state index in [0.717, 1.165) is 5.33 Å². The van der Waals surface area contributed by atoms with Crippen molar-refractivity contribution in [3.8, 4) is 11.5 Å². The summed E-state index contributed by atoms with van der Waals surface area (Å²) in [5, 5.41) is 21.0. The van der Waals surface area contributed by atoms with Gasteiger partial charge in [0, 0.05) is 16.1 Å². The van der Waals surface area contributed by atoms with E-state index < -0.39 is 5.97 Å². The molecule has 0 radical (unpaired) electrons. The van der Waals surface area contributed by atoms with E-state index in [-0.39, 0.29) is 16.1 Å². The van der Waals surface area contributed by atoms with Crippen molar-refractivity contribution in [2.45, 2.75) is 4.83 Å². The molecule has 2 N–H and O–H groups in total. The van der Waals surface area contributed by atoms with Gasteiger partial charge in [-0.1, -0.05) is 56.1 Å². The third kappa shape index (κ3) is 3.07. The Kier molecular flexibility index (Phi) is 4.88. The average molecular weight is 404 g/mol. The van der Waals surface area contributed by atoms with Crippen LogP contribution in [0.15, 0.2) is 30.3 Å². The van der Waals surface area contributed by atoms with Crippen molar-refractivity contribution in [2.75, 3.05) is 11.9 Å². The molecule has 0 bridgehead atoms. The third-order valence-electron chi connectivity index (χ3n) is 2.80. The van der Waals surface area contributed by atoms with E-state index in [0.29, 0.717) is 23.1 Å². The fourth-order valence-corrected chi connectivity index (χ4v) is 2.15. The van der Waals surface area contributed by atoms with Crippen molar-refractivity contribution in [1.82, 2.24) is 0 Å². The molecule has 2 aromatic carbocycles. The SMILES string of the molecule is O=C(O)c1cc(OCC(Br)CBr)c2ccccc2c1O. The predicted octanol–water partition coefficient (Wildman–Crippen LogP) is 3.78. The Hall–Kier alpha value is -1.27. The molecule has 0 saturated heterocycles. The minimum Gasteiger partial charge on any atom is -0.506 e. The van der Waals surface area contributed by atoms with Gasteiger partial charge in [-0.05, 0) is 6.07 Å². The lowest BCUT2D eigenvalue weighted by Gasteiger charge is -2.14. The van der Waals surface area contributed by atoms with E-state index in [2.05, 4.69) is 31.9 Å². The van der Waals surface area contributed by atoms with Gasteiger partial charge in [0.25, 0.3) is 0 Å². The smallest absolute Gasteiger partial charge is 0.339 e. The Morgan fingerprint density at radius 3 is 2.55 bits per heavy atom. The maximum atomic E-state index is 11.2. The monoisotopic (exact) mass is 402 g/mol. The highest BCUT2D eigenvalue weighted by atomic mass is 79.9. The highest BCUT2D eigenvalue weighted by molar-refractivity contribution is 9.12. The van der Waals surface area contributed by atoms with Gasteiger partial charge in [0.1, 0.15) is 23.7 Å². The number of carboxylic acids is 1. The number of rotatable bonds is 5. The number of benzene rings is 2. The number of halogens is 2. The van der Waals surface area contributed by atoms with Gasteiger partial charge in [0.15, 0.2) is 0 Å². The number of phenols is 1. The number of aromatic hydroxyl groups is 1. The molecule has 4 nitrogen and oxygen atoms in total. The predicted molar refractivity (Wildman–Crippen MR) is 84.6 cm³/mol. The van der Waals surface area contributed by atoms with Gasteiger partial charge in [0.2, 0.25) is 0 Å². The molecule has 20 heavy (non-hydrogen) atoms. The van der Waals surface area contributed by atoms with E-state index >= 15 is 0 Å². The first kappa shape index (κ1) is 15.1. The van der Waals surface area contributed by atoms with Gasteiger partial charge >= 0.3 is 5.97 Å². The Balaban J connectivity index is 2.52. The minimum absolute atomic E-state index is 0.114. The second-order valence-corrected chi connectivity index (χ2v) is 6.13. The van der Waals surface area contributed by atoms with E-state index in [4.69, 9.17) is 9.84 Å². The number of fused-ring (bicyclic) bond motifs is 1. The van der Waals surface area contributed by atoms with Gasteiger partial charge in [-0.2, -0.15) is 0 Å². The number of carbonyl (C=O) groups is 1. The van der Waals surface area contributed by atoms with Gasteiger partial charge in [-0.3, -0.25) is 0 Å². The van der Waals surface area contributed by atoms with Crippen LogP contribution in [0.3, 0.4) is 0 Å². The topological polar surface area (TPSA) is 66.8 Å². The summed E-state index contributed by atoms with van der Waals surface area (Å²) in [5.41, 5.74) is -0.163. The lowest BCUT2D eigenvalue weighted by atomic mass is 10.0. The van der Waals surface area contributed by atoms with Crippen LogP contribution in [-0.2, 0) is 0 Å². The second kappa shape index (κ2) is 6.45. The maximum Gasteiger partial charge on any atom is 0.339 e. The number of carboxylic acid groups (broad SMARTS) is 1. The molecular formula is C14H12Br2O4. The summed E-state index contributed by atoms with van der Waals surface area (Å²) >= 11 is 6.75. The normalized spacial score (nSPS) is 12.3. The van der Waals surface area contributed by atoms with Gasteiger partial charge in [0.05, 0.1) is 4.83 Å². The first-order chi connectivity index (χ1) is 9.54. The molecule has 0 aliphatic rings. The molecule has 0 heterocycles. The third-order valence-corrected chi connectivity index (χ3v) is 5.03. The standard InChI is InChI=1S/C14H12Br2O4/c15-6-8(16)7-20-12-5-11(14(18)19)13(17)10-4-2-1-3-9(10)12/h1-5,8,17H,6-7H2,(H,18,19). The van der Waals surface area contributed by atoms with E-state index in [1.807, 2.05) is 6.07 Å². The first-order valence-electron chi connectivity index (χ1n) is 5.85. The summed E-state index contributed by atoms with van der Waals surface area (Å²) in [5.74, 6) is -0.980.